The van der Waals surface area contributed by atoms with Gasteiger partial charge in [0.15, 0.2) is 0 Å². The molecule has 1 aliphatic heterocycles. The zero-order valence-corrected chi connectivity index (χ0v) is 23.2. The van der Waals surface area contributed by atoms with Crippen molar-refractivity contribution in [2.75, 3.05) is 32.6 Å². The number of hydrogen-bond donors (Lipinski definition) is 2. The van der Waals surface area contributed by atoms with Gasteiger partial charge in [0.1, 0.15) is 5.69 Å². The first-order valence-electron chi connectivity index (χ1n) is 13.1. The van der Waals surface area contributed by atoms with E-state index in [0.717, 1.165) is 48.2 Å². The maximum Gasteiger partial charge on any atom is 0.290 e. The molecule has 8 heteroatoms. The molecule has 1 aromatic heterocycles. The molecule has 0 spiro atoms. The highest BCUT2D eigenvalue weighted by Crippen LogP contribution is 2.28. The Hall–Kier alpha value is -3.49. The Kier molecular flexibility index (Phi) is 8.33. The van der Waals surface area contributed by atoms with Crippen LogP contribution in [0.3, 0.4) is 0 Å². The lowest BCUT2D eigenvalue weighted by atomic mass is 9.85. The first-order valence-corrected chi connectivity index (χ1v) is 13.1. The molecule has 4 rings (SSSR count). The van der Waals surface area contributed by atoms with Crippen molar-refractivity contribution in [3.8, 4) is 11.3 Å². The average molecular weight is 519 g/mol. The highest BCUT2D eigenvalue weighted by molar-refractivity contribution is 6.05. The van der Waals surface area contributed by atoms with Crippen LogP contribution in [0.4, 0.5) is 5.69 Å². The largest absolute Gasteiger partial charge is 0.376 e. The molecule has 3 aromatic rings. The number of rotatable bonds is 8. The van der Waals surface area contributed by atoms with Crippen LogP contribution in [0.1, 0.15) is 71.2 Å². The second-order valence-corrected chi connectivity index (χ2v) is 11.3. The number of aromatic nitrogens is 1. The van der Waals surface area contributed by atoms with E-state index in [2.05, 4.69) is 47.5 Å². The molecule has 0 aliphatic carbocycles. The van der Waals surface area contributed by atoms with Crippen LogP contribution in [0.15, 0.2) is 47.0 Å². The summed E-state index contributed by atoms with van der Waals surface area (Å²) in [6, 6.07) is 13.3. The Labute approximate surface area is 224 Å². The standard InChI is InChI=1S/C30H38N4O4/c1-19-9-10-23(32-28(35)21-12-20(18-34(5)6)13-22(14-21)30(2,3)4)15-25(19)26-16-27(38-33-26)29(36)31-17-24-8-7-11-37-24/h9-10,12-16,24H,7-8,11,17-18H2,1-6H3,(H,31,36)(H,32,35). The van der Waals surface area contributed by atoms with Crippen molar-refractivity contribution in [1.82, 2.24) is 15.4 Å². The van der Waals surface area contributed by atoms with Gasteiger partial charge in [0, 0.05) is 42.6 Å². The summed E-state index contributed by atoms with van der Waals surface area (Å²) in [5.41, 5.74) is 5.62. The Balaban J connectivity index is 1.51. The van der Waals surface area contributed by atoms with Crippen molar-refractivity contribution in [3.63, 3.8) is 0 Å². The molecule has 1 unspecified atom stereocenters. The van der Waals surface area contributed by atoms with E-state index in [9.17, 15) is 9.59 Å². The van der Waals surface area contributed by atoms with E-state index in [1.165, 1.54) is 0 Å². The Morgan fingerprint density at radius 1 is 1.08 bits per heavy atom. The van der Waals surface area contributed by atoms with E-state index in [-0.39, 0.29) is 29.1 Å². The molecule has 2 aromatic carbocycles. The quantitative estimate of drug-likeness (QED) is 0.427. The zero-order chi connectivity index (χ0) is 27.4. The Morgan fingerprint density at radius 3 is 2.55 bits per heavy atom. The third kappa shape index (κ3) is 6.88. The highest BCUT2D eigenvalue weighted by Gasteiger charge is 2.21. The van der Waals surface area contributed by atoms with Gasteiger partial charge < -0.3 is 24.8 Å². The molecule has 1 aliphatic rings. The molecular weight excluding hydrogens is 480 g/mol. The van der Waals surface area contributed by atoms with Gasteiger partial charge in [-0.1, -0.05) is 38.1 Å². The molecule has 2 amide bonds. The maximum absolute atomic E-state index is 13.3. The summed E-state index contributed by atoms with van der Waals surface area (Å²) in [6.07, 6.45) is 2.00. The molecule has 0 saturated carbocycles. The lowest BCUT2D eigenvalue weighted by molar-refractivity contribution is 0.0827. The van der Waals surface area contributed by atoms with Crippen LogP contribution >= 0.6 is 0 Å². The van der Waals surface area contributed by atoms with E-state index in [1.807, 2.05) is 51.4 Å². The number of carbonyl (C=O) groups is 2. The van der Waals surface area contributed by atoms with Gasteiger partial charge in [0.05, 0.1) is 6.10 Å². The summed E-state index contributed by atoms with van der Waals surface area (Å²) in [7, 11) is 4.03. The van der Waals surface area contributed by atoms with Crippen molar-refractivity contribution >= 4 is 17.5 Å². The van der Waals surface area contributed by atoms with Crippen LogP contribution in [-0.2, 0) is 16.7 Å². The fourth-order valence-electron chi connectivity index (χ4n) is 4.50. The maximum atomic E-state index is 13.3. The minimum absolute atomic E-state index is 0.0481. The zero-order valence-electron chi connectivity index (χ0n) is 23.2. The second kappa shape index (κ2) is 11.5. The number of anilines is 1. The number of amides is 2. The van der Waals surface area contributed by atoms with Crippen LogP contribution in [-0.4, -0.2) is 55.2 Å². The summed E-state index contributed by atoms with van der Waals surface area (Å²) in [6.45, 7) is 10.3. The van der Waals surface area contributed by atoms with E-state index in [4.69, 9.17) is 9.26 Å². The number of benzene rings is 2. The average Bonchev–Trinajstić information content (AvgIpc) is 3.55. The van der Waals surface area contributed by atoms with E-state index < -0.39 is 0 Å². The topological polar surface area (TPSA) is 96.7 Å². The predicted molar refractivity (Wildman–Crippen MR) is 148 cm³/mol. The summed E-state index contributed by atoms with van der Waals surface area (Å²) in [4.78, 5) is 27.9. The predicted octanol–water partition coefficient (Wildman–Crippen LogP) is 5.17. The van der Waals surface area contributed by atoms with Gasteiger partial charge in [-0.3, -0.25) is 9.59 Å². The van der Waals surface area contributed by atoms with Crippen LogP contribution < -0.4 is 10.6 Å². The van der Waals surface area contributed by atoms with E-state index in [1.54, 1.807) is 6.07 Å². The van der Waals surface area contributed by atoms with Crippen LogP contribution in [0, 0.1) is 6.92 Å². The molecular formula is C30H38N4O4. The van der Waals surface area contributed by atoms with E-state index >= 15 is 0 Å². The van der Waals surface area contributed by atoms with Gasteiger partial charge in [-0.2, -0.15) is 0 Å². The first kappa shape index (κ1) is 27.5. The third-order valence-corrected chi connectivity index (χ3v) is 6.64. The van der Waals surface area contributed by atoms with Crippen molar-refractivity contribution < 1.29 is 18.8 Å². The number of nitrogens with one attached hydrogen (secondary N) is 2. The van der Waals surface area contributed by atoms with Gasteiger partial charge >= 0.3 is 0 Å². The van der Waals surface area contributed by atoms with Crippen molar-refractivity contribution in [2.45, 2.75) is 58.6 Å². The van der Waals surface area contributed by atoms with Crippen molar-refractivity contribution in [3.05, 3.63) is 70.5 Å². The van der Waals surface area contributed by atoms with Gasteiger partial charge in [-0.15, -0.1) is 0 Å². The summed E-state index contributed by atoms with van der Waals surface area (Å²) >= 11 is 0. The van der Waals surface area contributed by atoms with Crippen molar-refractivity contribution in [1.29, 1.82) is 0 Å². The number of hydrogen-bond acceptors (Lipinski definition) is 6. The highest BCUT2D eigenvalue weighted by atomic mass is 16.5. The van der Waals surface area contributed by atoms with Gasteiger partial charge in [0.25, 0.3) is 11.8 Å². The lowest BCUT2D eigenvalue weighted by Crippen LogP contribution is -2.31. The van der Waals surface area contributed by atoms with Gasteiger partial charge in [-0.25, -0.2) is 0 Å². The SMILES string of the molecule is Cc1ccc(NC(=O)c2cc(CN(C)C)cc(C(C)(C)C)c2)cc1-c1cc(C(=O)NCC2CCCO2)on1. The fraction of sp³-hybridized carbons (Fsp3) is 0.433. The van der Waals surface area contributed by atoms with Gasteiger partial charge in [-0.05, 0) is 80.2 Å². The smallest absolute Gasteiger partial charge is 0.290 e. The Bertz CT molecular complexity index is 1300. The minimum Gasteiger partial charge on any atom is -0.376 e. The third-order valence-electron chi connectivity index (χ3n) is 6.64. The molecule has 202 valence electrons. The number of nitrogens with zero attached hydrogens (tertiary/aromatic N) is 2. The summed E-state index contributed by atoms with van der Waals surface area (Å²) in [5.74, 6) is -0.367. The molecule has 2 heterocycles. The minimum atomic E-state index is -0.325. The van der Waals surface area contributed by atoms with Gasteiger partial charge in [0.2, 0.25) is 5.76 Å². The molecule has 1 fully saturated rings. The van der Waals surface area contributed by atoms with Crippen LogP contribution in [0.25, 0.3) is 11.3 Å². The summed E-state index contributed by atoms with van der Waals surface area (Å²) < 4.78 is 10.9. The first-order chi connectivity index (χ1) is 18.0. The molecule has 8 nitrogen and oxygen atoms in total. The van der Waals surface area contributed by atoms with Crippen LogP contribution in [0.2, 0.25) is 0 Å². The Morgan fingerprint density at radius 2 is 1.87 bits per heavy atom. The number of aryl methyl sites for hydroxylation is 1. The lowest BCUT2D eigenvalue weighted by Gasteiger charge is -2.22. The second-order valence-electron chi connectivity index (χ2n) is 11.3. The molecule has 0 radical (unpaired) electrons. The summed E-state index contributed by atoms with van der Waals surface area (Å²) in [5, 5.41) is 10.0. The van der Waals surface area contributed by atoms with Crippen molar-refractivity contribution in [2.24, 2.45) is 0 Å². The fourth-order valence-corrected chi connectivity index (χ4v) is 4.50. The van der Waals surface area contributed by atoms with E-state index in [0.29, 0.717) is 23.5 Å². The van der Waals surface area contributed by atoms with Crippen LogP contribution in [0.5, 0.6) is 0 Å². The molecule has 38 heavy (non-hydrogen) atoms. The number of ether oxygens (including phenoxy) is 1. The normalized spacial score (nSPS) is 15.6. The molecule has 0 bridgehead atoms. The number of carbonyl (C=O) groups excluding carboxylic acids is 2. The molecule has 1 saturated heterocycles. The molecule has 2 N–H and O–H groups in total. The monoisotopic (exact) mass is 518 g/mol. The molecule has 1 atom stereocenters.